The number of halogens is 1. The highest BCUT2D eigenvalue weighted by atomic mass is 32.2. The average Bonchev–Trinajstić information content (AvgIpc) is 2.56. The first-order chi connectivity index (χ1) is 12.5. The first-order valence-electron chi connectivity index (χ1n) is 8.06. The Bertz CT molecular complexity index is 984. The second kappa shape index (κ2) is 7.87. The molecule has 0 radical (unpaired) electrons. The van der Waals surface area contributed by atoms with Crippen molar-refractivity contribution in [2.24, 2.45) is 0 Å². The molecular formula is C19H20FNO5S. The minimum Gasteiger partial charge on any atom is -0.480 e. The van der Waals surface area contributed by atoms with Gasteiger partial charge in [0.1, 0.15) is 12.4 Å². The zero-order valence-corrected chi connectivity index (χ0v) is 16.0. The summed E-state index contributed by atoms with van der Waals surface area (Å²) in [7, 11) is -3.54. The third kappa shape index (κ3) is 5.13. The van der Waals surface area contributed by atoms with Crippen LogP contribution in [0.2, 0.25) is 0 Å². The Hall–Kier alpha value is -2.74. The predicted octanol–water partition coefficient (Wildman–Crippen LogP) is 2.57. The monoisotopic (exact) mass is 393 g/mol. The summed E-state index contributed by atoms with van der Waals surface area (Å²) in [4.78, 5) is 25.3. The van der Waals surface area contributed by atoms with E-state index in [0.717, 1.165) is 11.2 Å². The molecule has 0 spiro atoms. The van der Waals surface area contributed by atoms with E-state index in [1.807, 2.05) is 0 Å². The number of carbonyl (C=O) groups excluding carboxylic acids is 1. The number of carboxylic acid groups (broad SMARTS) is 1. The number of rotatable bonds is 6. The van der Waals surface area contributed by atoms with Crippen LogP contribution >= 0.6 is 0 Å². The van der Waals surface area contributed by atoms with Crippen LogP contribution in [0.5, 0.6) is 0 Å². The fourth-order valence-electron chi connectivity index (χ4n) is 2.61. The van der Waals surface area contributed by atoms with E-state index in [1.165, 1.54) is 36.4 Å². The van der Waals surface area contributed by atoms with Crippen molar-refractivity contribution >= 4 is 21.7 Å². The number of amides is 1. The lowest BCUT2D eigenvalue weighted by Crippen LogP contribution is -2.35. The van der Waals surface area contributed by atoms with Gasteiger partial charge in [0, 0.05) is 18.4 Å². The van der Waals surface area contributed by atoms with Gasteiger partial charge < -0.3 is 10.0 Å². The highest BCUT2D eigenvalue weighted by Gasteiger charge is 2.23. The zero-order chi connectivity index (χ0) is 20.4. The maximum absolute atomic E-state index is 13.1. The molecule has 0 aromatic heterocycles. The van der Waals surface area contributed by atoms with Gasteiger partial charge in [-0.15, -0.1) is 0 Å². The van der Waals surface area contributed by atoms with E-state index in [9.17, 15) is 22.4 Å². The lowest BCUT2D eigenvalue weighted by molar-refractivity contribution is -0.137. The molecular weight excluding hydrogens is 373 g/mol. The summed E-state index contributed by atoms with van der Waals surface area (Å²) in [6.07, 6.45) is 1.04. The van der Waals surface area contributed by atoms with Crippen LogP contribution in [-0.2, 0) is 21.2 Å². The maximum Gasteiger partial charge on any atom is 0.323 e. The number of nitrogens with zero attached hydrogens (tertiary/aromatic N) is 1. The summed E-state index contributed by atoms with van der Waals surface area (Å²) >= 11 is 0. The molecule has 0 fully saturated rings. The van der Waals surface area contributed by atoms with Gasteiger partial charge in [-0.25, -0.2) is 12.8 Å². The molecule has 8 heteroatoms. The van der Waals surface area contributed by atoms with Crippen LogP contribution in [0.15, 0.2) is 41.3 Å². The molecule has 2 aromatic carbocycles. The third-order valence-electron chi connectivity index (χ3n) is 4.20. The Kier molecular flexibility index (Phi) is 6.00. The van der Waals surface area contributed by atoms with Crippen LogP contribution in [0.3, 0.4) is 0 Å². The third-order valence-corrected chi connectivity index (χ3v) is 5.29. The Morgan fingerprint density at radius 1 is 1.11 bits per heavy atom. The molecule has 2 rings (SSSR count). The van der Waals surface area contributed by atoms with Crippen LogP contribution in [0.1, 0.15) is 27.0 Å². The van der Waals surface area contributed by atoms with Gasteiger partial charge in [-0.05, 0) is 54.8 Å². The van der Waals surface area contributed by atoms with Crippen molar-refractivity contribution in [2.45, 2.75) is 25.3 Å². The summed E-state index contributed by atoms with van der Waals surface area (Å²) in [5.74, 6) is -2.26. The lowest BCUT2D eigenvalue weighted by Gasteiger charge is -2.23. The summed E-state index contributed by atoms with van der Waals surface area (Å²) in [6.45, 7) is 2.73. The van der Waals surface area contributed by atoms with Crippen LogP contribution < -0.4 is 0 Å². The van der Waals surface area contributed by atoms with Gasteiger partial charge in [-0.3, -0.25) is 9.59 Å². The van der Waals surface area contributed by atoms with Gasteiger partial charge in [0.2, 0.25) is 0 Å². The number of sulfone groups is 1. The molecule has 0 saturated carbocycles. The molecule has 0 atom stereocenters. The largest absolute Gasteiger partial charge is 0.480 e. The topological polar surface area (TPSA) is 91.8 Å². The smallest absolute Gasteiger partial charge is 0.323 e. The standard InChI is InChI=1S/C19H20FNO5S/c1-12-8-16(27(3,25)26)9-17(13(12)2)19(24)21(11-18(22)23)10-14-4-6-15(20)7-5-14/h4-9H,10-11H2,1-3H3,(H,22,23). The van der Waals surface area contributed by atoms with Crippen molar-refractivity contribution in [3.8, 4) is 0 Å². The van der Waals surface area contributed by atoms with Gasteiger partial charge in [0.05, 0.1) is 4.90 Å². The van der Waals surface area contributed by atoms with E-state index in [1.54, 1.807) is 13.8 Å². The molecule has 0 saturated heterocycles. The van der Waals surface area contributed by atoms with Crippen LogP contribution in [0.25, 0.3) is 0 Å². The minimum atomic E-state index is -3.54. The van der Waals surface area contributed by atoms with E-state index in [-0.39, 0.29) is 17.0 Å². The first kappa shape index (κ1) is 20.6. The highest BCUT2D eigenvalue weighted by Crippen LogP contribution is 2.22. The maximum atomic E-state index is 13.1. The summed E-state index contributed by atoms with van der Waals surface area (Å²) in [5, 5.41) is 9.16. The Morgan fingerprint density at radius 2 is 1.70 bits per heavy atom. The average molecular weight is 393 g/mol. The van der Waals surface area contributed by atoms with Crippen LogP contribution in [-0.4, -0.2) is 43.1 Å². The van der Waals surface area contributed by atoms with Gasteiger partial charge in [0.25, 0.3) is 5.91 Å². The molecule has 1 N–H and O–H groups in total. The number of hydrogen-bond acceptors (Lipinski definition) is 4. The molecule has 144 valence electrons. The van der Waals surface area contributed by atoms with Crippen molar-refractivity contribution < 1.29 is 27.5 Å². The molecule has 0 aliphatic heterocycles. The second-order valence-electron chi connectivity index (χ2n) is 6.37. The molecule has 0 bridgehead atoms. The van der Waals surface area contributed by atoms with E-state index < -0.39 is 34.1 Å². The van der Waals surface area contributed by atoms with E-state index in [0.29, 0.717) is 16.7 Å². The Morgan fingerprint density at radius 3 is 2.22 bits per heavy atom. The summed E-state index contributed by atoms with van der Waals surface area (Å²) < 4.78 is 36.9. The number of carbonyl (C=O) groups is 2. The van der Waals surface area contributed by atoms with Crippen molar-refractivity contribution in [2.75, 3.05) is 12.8 Å². The molecule has 0 aliphatic carbocycles. The number of aliphatic carboxylic acids is 1. The fraction of sp³-hybridized carbons (Fsp3) is 0.263. The van der Waals surface area contributed by atoms with Gasteiger partial charge in [-0.1, -0.05) is 12.1 Å². The number of carboxylic acids is 1. The van der Waals surface area contributed by atoms with Crippen molar-refractivity contribution in [3.05, 3.63) is 64.5 Å². The molecule has 0 aliphatic rings. The minimum absolute atomic E-state index is 0.00833. The fourth-order valence-corrected chi connectivity index (χ4v) is 3.33. The van der Waals surface area contributed by atoms with E-state index in [4.69, 9.17) is 5.11 Å². The number of hydrogen-bond donors (Lipinski definition) is 1. The predicted molar refractivity (Wildman–Crippen MR) is 97.8 cm³/mol. The Balaban J connectivity index is 2.47. The molecule has 0 heterocycles. The molecule has 1 amide bonds. The molecule has 0 unspecified atom stereocenters. The highest BCUT2D eigenvalue weighted by molar-refractivity contribution is 7.90. The van der Waals surface area contributed by atoms with Gasteiger partial charge in [0.15, 0.2) is 9.84 Å². The summed E-state index contributed by atoms with van der Waals surface area (Å²) in [5.41, 5.74) is 1.86. The second-order valence-corrected chi connectivity index (χ2v) is 8.38. The van der Waals surface area contributed by atoms with E-state index >= 15 is 0 Å². The summed E-state index contributed by atoms with van der Waals surface area (Å²) in [6, 6.07) is 8.10. The SMILES string of the molecule is Cc1cc(S(C)(=O)=O)cc(C(=O)N(CC(=O)O)Cc2ccc(F)cc2)c1C. The van der Waals surface area contributed by atoms with Gasteiger partial charge >= 0.3 is 5.97 Å². The van der Waals surface area contributed by atoms with E-state index in [2.05, 4.69) is 0 Å². The quantitative estimate of drug-likeness (QED) is 0.814. The Labute approximate surface area is 157 Å². The number of benzene rings is 2. The van der Waals surface area contributed by atoms with Crippen molar-refractivity contribution in [3.63, 3.8) is 0 Å². The first-order valence-corrected chi connectivity index (χ1v) is 9.95. The number of aryl methyl sites for hydroxylation is 1. The molecule has 27 heavy (non-hydrogen) atoms. The molecule has 6 nitrogen and oxygen atoms in total. The lowest BCUT2D eigenvalue weighted by atomic mass is 10.0. The normalized spacial score (nSPS) is 11.3. The van der Waals surface area contributed by atoms with Gasteiger partial charge in [-0.2, -0.15) is 0 Å². The zero-order valence-electron chi connectivity index (χ0n) is 15.2. The molecule has 2 aromatic rings. The van der Waals surface area contributed by atoms with Crippen molar-refractivity contribution in [1.29, 1.82) is 0 Å². The van der Waals surface area contributed by atoms with Crippen LogP contribution in [0, 0.1) is 19.7 Å². The van der Waals surface area contributed by atoms with Crippen molar-refractivity contribution in [1.82, 2.24) is 4.90 Å². The van der Waals surface area contributed by atoms with Crippen LogP contribution in [0.4, 0.5) is 4.39 Å².